The Hall–Kier alpha value is -1.81. The Morgan fingerprint density at radius 3 is 2.83 bits per heavy atom. The van der Waals surface area contributed by atoms with Crippen LogP contribution >= 0.6 is 11.6 Å². The maximum absolute atomic E-state index is 5.82. The van der Waals surface area contributed by atoms with Crippen molar-refractivity contribution in [2.24, 2.45) is 0 Å². The van der Waals surface area contributed by atoms with E-state index in [1.54, 1.807) is 24.7 Å². The molecule has 0 atom stereocenters. The molecule has 0 aromatic carbocycles. The molecule has 0 saturated carbocycles. The van der Waals surface area contributed by atoms with Crippen LogP contribution in [-0.2, 0) is 6.61 Å². The van der Waals surface area contributed by atoms with Crippen molar-refractivity contribution in [2.75, 3.05) is 11.9 Å². The van der Waals surface area contributed by atoms with E-state index < -0.39 is 0 Å². The van der Waals surface area contributed by atoms with Crippen LogP contribution in [0.15, 0.2) is 36.8 Å². The first-order valence-electron chi connectivity index (χ1n) is 5.70. The van der Waals surface area contributed by atoms with Crippen molar-refractivity contribution in [3.8, 4) is 5.75 Å². The summed E-state index contributed by atoms with van der Waals surface area (Å²) in [6.45, 7) is 3.34. The zero-order chi connectivity index (χ0) is 12.8. The molecule has 0 bridgehead atoms. The molecule has 4 nitrogen and oxygen atoms in total. The molecule has 1 N–H and O–H groups in total. The van der Waals surface area contributed by atoms with Crippen LogP contribution in [0, 0.1) is 0 Å². The number of ether oxygens (including phenoxy) is 1. The molecule has 2 heterocycles. The summed E-state index contributed by atoms with van der Waals surface area (Å²) >= 11 is 5.82. The van der Waals surface area contributed by atoms with Crippen molar-refractivity contribution in [3.63, 3.8) is 0 Å². The fourth-order valence-electron chi connectivity index (χ4n) is 1.43. The van der Waals surface area contributed by atoms with Crippen LogP contribution in [0.4, 0.5) is 5.82 Å². The number of hydrogen-bond donors (Lipinski definition) is 1. The van der Waals surface area contributed by atoms with Gasteiger partial charge in [-0.15, -0.1) is 0 Å². The number of pyridine rings is 2. The lowest BCUT2D eigenvalue weighted by atomic mass is 10.3. The van der Waals surface area contributed by atoms with E-state index in [4.69, 9.17) is 16.3 Å². The first kappa shape index (κ1) is 12.6. The van der Waals surface area contributed by atoms with Gasteiger partial charge in [0.1, 0.15) is 18.2 Å². The van der Waals surface area contributed by atoms with Gasteiger partial charge in [-0.3, -0.25) is 4.98 Å². The van der Waals surface area contributed by atoms with Crippen LogP contribution in [0.3, 0.4) is 0 Å². The van der Waals surface area contributed by atoms with Gasteiger partial charge in [0, 0.05) is 30.6 Å². The number of anilines is 1. The van der Waals surface area contributed by atoms with Crippen LogP contribution in [0.25, 0.3) is 0 Å². The molecule has 2 aromatic rings. The summed E-state index contributed by atoms with van der Waals surface area (Å²) in [4.78, 5) is 8.22. The highest BCUT2D eigenvalue weighted by molar-refractivity contribution is 6.30. The Morgan fingerprint density at radius 2 is 2.17 bits per heavy atom. The van der Waals surface area contributed by atoms with Crippen molar-refractivity contribution in [1.82, 2.24) is 9.97 Å². The van der Waals surface area contributed by atoms with Gasteiger partial charge < -0.3 is 10.1 Å². The molecule has 0 amide bonds. The topological polar surface area (TPSA) is 47.0 Å². The lowest BCUT2D eigenvalue weighted by Gasteiger charge is -2.07. The number of aromatic nitrogens is 2. The summed E-state index contributed by atoms with van der Waals surface area (Å²) in [5.41, 5.74) is 0.997. The summed E-state index contributed by atoms with van der Waals surface area (Å²) in [7, 11) is 0. The molecule has 18 heavy (non-hydrogen) atoms. The zero-order valence-corrected chi connectivity index (χ0v) is 10.8. The first-order valence-corrected chi connectivity index (χ1v) is 6.08. The molecule has 0 unspecified atom stereocenters. The molecule has 0 fully saturated rings. The molecule has 2 rings (SSSR count). The smallest absolute Gasteiger partial charge is 0.139 e. The van der Waals surface area contributed by atoms with Gasteiger partial charge >= 0.3 is 0 Å². The Labute approximate surface area is 111 Å². The monoisotopic (exact) mass is 263 g/mol. The van der Waals surface area contributed by atoms with Gasteiger partial charge in [0.25, 0.3) is 0 Å². The zero-order valence-electron chi connectivity index (χ0n) is 10.1. The van der Waals surface area contributed by atoms with E-state index in [0.29, 0.717) is 17.4 Å². The minimum atomic E-state index is 0.446. The van der Waals surface area contributed by atoms with Crippen LogP contribution in [-0.4, -0.2) is 16.5 Å². The van der Waals surface area contributed by atoms with Crippen molar-refractivity contribution in [3.05, 3.63) is 47.4 Å². The molecule has 2 aromatic heterocycles. The minimum Gasteiger partial charge on any atom is -0.487 e. The van der Waals surface area contributed by atoms with Crippen molar-refractivity contribution in [2.45, 2.75) is 13.5 Å². The fourth-order valence-corrected chi connectivity index (χ4v) is 1.60. The number of nitrogens with one attached hydrogen (secondary N) is 1. The van der Waals surface area contributed by atoms with E-state index in [0.717, 1.165) is 17.9 Å². The van der Waals surface area contributed by atoms with E-state index in [9.17, 15) is 0 Å². The molecule has 0 aliphatic rings. The standard InChI is InChI=1S/C13H14ClN3O/c1-2-16-13-4-3-10(6-17-13)9-18-12-5-11(14)7-15-8-12/h3-8H,2,9H2,1H3,(H,16,17). The average molecular weight is 264 g/mol. The predicted molar refractivity (Wildman–Crippen MR) is 72.0 cm³/mol. The Balaban J connectivity index is 1.93. The molecular weight excluding hydrogens is 250 g/mol. The second-order valence-electron chi connectivity index (χ2n) is 3.71. The third-order valence-electron chi connectivity index (χ3n) is 2.27. The van der Waals surface area contributed by atoms with E-state index in [2.05, 4.69) is 15.3 Å². The van der Waals surface area contributed by atoms with E-state index in [-0.39, 0.29) is 0 Å². The SMILES string of the molecule is CCNc1ccc(COc2cncc(Cl)c2)cn1. The van der Waals surface area contributed by atoms with Gasteiger partial charge in [0.15, 0.2) is 0 Å². The maximum Gasteiger partial charge on any atom is 0.139 e. The van der Waals surface area contributed by atoms with Crippen molar-refractivity contribution in [1.29, 1.82) is 0 Å². The van der Waals surface area contributed by atoms with E-state index in [1.165, 1.54) is 0 Å². The van der Waals surface area contributed by atoms with Crippen LogP contribution < -0.4 is 10.1 Å². The highest BCUT2D eigenvalue weighted by atomic mass is 35.5. The molecule has 0 aliphatic heterocycles. The number of nitrogens with zero attached hydrogens (tertiary/aromatic N) is 2. The quantitative estimate of drug-likeness (QED) is 0.900. The van der Waals surface area contributed by atoms with Gasteiger partial charge in [0.05, 0.1) is 11.2 Å². The molecular formula is C13H14ClN3O. The van der Waals surface area contributed by atoms with E-state index in [1.807, 2.05) is 19.1 Å². The second kappa shape index (κ2) is 6.21. The van der Waals surface area contributed by atoms with Crippen LogP contribution in [0.1, 0.15) is 12.5 Å². The van der Waals surface area contributed by atoms with Gasteiger partial charge in [0.2, 0.25) is 0 Å². The lowest BCUT2D eigenvalue weighted by molar-refractivity contribution is 0.304. The minimum absolute atomic E-state index is 0.446. The Morgan fingerprint density at radius 1 is 1.28 bits per heavy atom. The third-order valence-corrected chi connectivity index (χ3v) is 2.47. The van der Waals surface area contributed by atoms with Gasteiger partial charge in [-0.1, -0.05) is 17.7 Å². The molecule has 5 heteroatoms. The normalized spacial score (nSPS) is 10.1. The lowest BCUT2D eigenvalue weighted by Crippen LogP contribution is -2.01. The maximum atomic E-state index is 5.82. The number of rotatable bonds is 5. The number of hydrogen-bond acceptors (Lipinski definition) is 4. The fraction of sp³-hybridized carbons (Fsp3) is 0.231. The van der Waals surface area contributed by atoms with E-state index >= 15 is 0 Å². The Kier molecular flexibility index (Phi) is 4.36. The van der Waals surface area contributed by atoms with Crippen LogP contribution in [0.5, 0.6) is 5.75 Å². The van der Waals surface area contributed by atoms with Gasteiger partial charge in [-0.2, -0.15) is 0 Å². The average Bonchev–Trinajstić information content (AvgIpc) is 2.38. The predicted octanol–water partition coefficient (Wildman–Crippen LogP) is 3.14. The summed E-state index contributed by atoms with van der Waals surface area (Å²) in [6.07, 6.45) is 4.99. The second-order valence-corrected chi connectivity index (χ2v) is 4.15. The third kappa shape index (κ3) is 3.60. The van der Waals surface area contributed by atoms with Gasteiger partial charge in [-0.25, -0.2) is 4.98 Å². The summed E-state index contributed by atoms with van der Waals surface area (Å²) < 4.78 is 5.57. The highest BCUT2D eigenvalue weighted by Crippen LogP contribution is 2.16. The summed E-state index contributed by atoms with van der Waals surface area (Å²) in [5.74, 6) is 1.52. The summed E-state index contributed by atoms with van der Waals surface area (Å²) in [5, 5.41) is 3.70. The van der Waals surface area contributed by atoms with Crippen molar-refractivity contribution >= 4 is 17.4 Å². The van der Waals surface area contributed by atoms with Gasteiger partial charge in [-0.05, 0) is 13.0 Å². The Bertz CT molecular complexity index is 502. The highest BCUT2D eigenvalue weighted by Gasteiger charge is 1.99. The molecule has 0 aliphatic carbocycles. The first-order chi connectivity index (χ1) is 8.78. The number of halogens is 1. The molecule has 0 radical (unpaired) electrons. The van der Waals surface area contributed by atoms with Crippen molar-refractivity contribution < 1.29 is 4.74 Å². The molecule has 94 valence electrons. The molecule has 0 saturated heterocycles. The largest absolute Gasteiger partial charge is 0.487 e. The van der Waals surface area contributed by atoms with Crippen LogP contribution in [0.2, 0.25) is 5.02 Å². The summed E-state index contributed by atoms with van der Waals surface area (Å²) in [6, 6.07) is 5.64. The molecule has 0 spiro atoms.